The van der Waals surface area contributed by atoms with Crippen LogP contribution in [0.15, 0.2) is 12.7 Å². The molecule has 0 radical (unpaired) electrons. The lowest BCUT2D eigenvalue weighted by Gasteiger charge is -2.18. The van der Waals surface area contributed by atoms with E-state index in [2.05, 4.69) is 6.58 Å². The third-order valence-electron chi connectivity index (χ3n) is 3.28. The second kappa shape index (κ2) is 7.00. The van der Waals surface area contributed by atoms with Crippen LogP contribution < -0.4 is 0 Å². The molecule has 1 rings (SSSR count). The summed E-state index contributed by atoms with van der Waals surface area (Å²) in [6.45, 7) is 3.60. The molecular formula is C13H23FO. The van der Waals surface area contributed by atoms with E-state index in [1.54, 1.807) is 6.08 Å². The van der Waals surface area contributed by atoms with Crippen molar-refractivity contribution in [3.05, 3.63) is 12.7 Å². The van der Waals surface area contributed by atoms with Gasteiger partial charge in [-0.15, -0.1) is 6.58 Å². The Bertz CT molecular complexity index is 181. The van der Waals surface area contributed by atoms with Gasteiger partial charge in [0.1, 0.15) is 6.17 Å². The van der Waals surface area contributed by atoms with Crippen LogP contribution in [0.1, 0.15) is 51.4 Å². The fourth-order valence-electron chi connectivity index (χ4n) is 2.43. The average molecular weight is 214 g/mol. The molecule has 0 saturated heterocycles. The second-order valence-corrected chi connectivity index (χ2v) is 4.74. The van der Waals surface area contributed by atoms with Crippen molar-refractivity contribution < 1.29 is 9.50 Å². The van der Waals surface area contributed by atoms with Crippen molar-refractivity contribution in [1.82, 2.24) is 0 Å². The maximum atomic E-state index is 13.5. The van der Waals surface area contributed by atoms with Crippen molar-refractivity contribution in [2.75, 3.05) is 0 Å². The summed E-state index contributed by atoms with van der Waals surface area (Å²) in [5.74, 6) is 0.391. The molecule has 0 bridgehead atoms. The van der Waals surface area contributed by atoms with Gasteiger partial charge in [0.15, 0.2) is 0 Å². The van der Waals surface area contributed by atoms with Crippen LogP contribution in [0.2, 0.25) is 0 Å². The zero-order chi connectivity index (χ0) is 11.1. The summed E-state index contributed by atoms with van der Waals surface area (Å²) >= 11 is 0. The van der Waals surface area contributed by atoms with Gasteiger partial charge < -0.3 is 5.11 Å². The molecule has 1 N–H and O–H groups in total. The molecule has 1 saturated carbocycles. The van der Waals surface area contributed by atoms with Gasteiger partial charge in [-0.1, -0.05) is 25.3 Å². The molecule has 0 amide bonds. The molecule has 0 heterocycles. The molecule has 88 valence electrons. The van der Waals surface area contributed by atoms with Crippen molar-refractivity contribution in [3.63, 3.8) is 0 Å². The number of halogens is 1. The molecule has 3 unspecified atom stereocenters. The number of hydrogen-bond acceptors (Lipinski definition) is 1. The van der Waals surface area contributed by atoms with Crippen molar-refractivity contribution in [3.8, 4) is 0 Å². The van der Waals surface area contributed by atoms with Gasteiger partial charge in [-0.05, 0) is 38.0 Å². The average Bonchev–Trinajstić information content (AvgIpc) is 2.39. The number of alkyl halides is 1. The fraction of sp³-hybridized carbons (Fsp3) is 0.846. The van der Waals surface area contributed by atoms with Gasteiger partial charge in [0.05, 0.1) is 6.10 Å². The zero-order valence-electron chi connectivity index (χ0n) is 9.50. The Labute approximate surface area is 92.4 Å². The standard InChI is InChI=1S/C13H23FO/c1-2-3-7-12(14)9-11-6-4-5-8-13(15)10-11/h2,11-13,15H,1,3-10H2. The second-order valence-electron chi connectivity index (χ2n) is 4.74. The Kier molecular flexibility index (Phi) is 5.92. The molecule has 0 aromatic rings. The van der Waals surface area contributed by atoms with Gasteiger partial charge in [-0.25, -0.2) is 4.39 Å². The Balaban J connectivity index is 2.25. The highest BCUT2D eigenvalue weighted by Gasteiger charge is 2.21. The van der Waals surface area contributed by atoms with Gasteiger partial charge >= 0.3 is 0 Å². The van der Waals surface area contributed by atoms with Crippen LogP contribution in [0.5, 0.6) is 0 Å². The normalized spacial score (nSPS) is 29.5. The van der Waals surface area contributed by atoms with Crippen LogP contribution in [0.3, 0.4) is 0 Å². The highest BCUT2D eigenvalue weighted by atomic mass is 19.1. The van der Waals surface area contributed by atoms with E-state index in [0.717, 1.165) is 38.5 Å². The largest absolute Gasteiger partial charge is 0.393 e. The Morgan fingerprint density at radius 2 is 2.13 bits per heavy atom. The highest BCUT2D eigenvalue weighted by molar-refractivity contribution is 4.75. The number of aliphatic hydroxyl groups excluding tert-OH is 1. The molecule has 15 heavy (non-hydrogen) atoms. The molecule has 3 atom stereocenters. The SMILES string of the molecule is C=CCCC(F)CC1CCCCC(O)C1. The summed E-state index contributed by atoms with van der Waals surface area (Å²) in [7, 11) is 0. The summed E-state index contributed by atoms with van der Waals surface area (Å²) in [4.78, 5) is 0. The molecular weight excluding hydrogens is 191 g/mol. The van der Waals surface area contributed by atoms with E-state index in [-0.39, 0.29) is 6.10 Å². The summed E-state index contributed by atoms with van der Waals surface area (Å²) in [5, 5.41) is 9.61. The quantitative estimate of drug-likeness (QED) is 0.547. The molecule has 1 aliphatic carbocycles. The summed E-state index contributed by atoms with van der Waals surface area (Å²) < 4.78 is 13.5. The number of hydrogen-bond donors (Lipinski definition) is 1. The maximum Gasteiger partial charge on any atom is 0.101 e. The van der Waals surface area contributed by atoms with Crippen LogP contribution in [0, 0.1) is 5.92 Å². The topological polar surface area (TPSA) is 20.2 Å². The minimum absolute atomic E-state index is 0.191. The molecule has 0 aromatic carbocycles. The first kappa shape index (κ1) is 12.7. The fourth-order valence-corrected chi connectivity index (χ4v) is 2.43. The summed E-state index contributed by atoms with van der Waals surface area (Å²) in [5.41, 5.74) is 0. The molecule has 0 spiro atoms. The van der Waals surface area contributed by atoms with Crippen LogP contribution in [-0.2, 0) is 0 Å². The molecule has 0 aliphatic heterocycles. The molecule has 0 aromatic heterocycles. The predicted molar refractivity (Wildman–Crippen MR) is 61.5 cm³/mol. The number of allylic oxidation sites excluding steroid dienone is 1. The van der Waals surface area contributed by atoms with Crippen LogP contribution >= 0.6 is 0 Å². The lowest BCUT2D eigenvalue weighted by atomic mass is 9.92. The Morgan fingerprint density at radius 3 is 2.87 bits per heavy atom. The summed E-state index contributed by atoms with van der Waals surface area (Å²) in [6, 6.07) is 0. The van der Waals surface area contributed by atoms with Crippen molar-refractivity contribution >= 4 is 0 Å². The summed E-state index contributed by atoms with van der Waals surface area (Å²) in [6.07, 6.45) is 7.89. The van der Waals surface area contributed by atoms with Crippen LogP contribution in [0.4, 0.5) is 4.39 Å². The van der Waals surface area contributed by atoms with Crippen molar-refractivity contribution in [2.24, 2.45) is 5.92 Å². The molecule has 1 aliphatic rings. The zero-order valence-corrected chi connectivity index (χ0v) is 9.50. The van der Waals surface area contributed by atoms with Gasteiger partial charge in [0.25, 0.3) is 0 Å². The highest BCUT2D eigenvalue weighted by Crippen LogP contribution is 2.28. The van der Waals surface area contributed by atoms with Crippen molar-refractivity contribution in [1.29, 1.82) is 0 Å². The van der Waals surface area contributed by atoms with Crippen LogP contribution in [0.25, 0.3) is 0 Å². The third-order valence-corrected chi connectivity index (χ3v) is 3.28. The van der Waals surface area contributed by atoms with Gasteiger partial charge in [0.2, 0.25) is 0 Å². The first-order valence-electron chi connectivity index (χ1n) is 6.15. The van der Waals surface area contributed by atoms with E-state index in [1.165, 1.54) is 0 Å². The number of rotatable bonds is 5. The van der Waals surface area contributed by atoms with E-state index in [9.17, 15) is 9.50 Å². The van der Waals surface area contributed by atoms with Gasteiger partial charge in [-0.2, -0.15) is 0 Å². The number of aliphatic hydroxyl groups is 1. The van der Waals surface area contributed by atoms with E-state index in [4.69, 9.17) is 0 Å². The van der Waals surface area contributed by atoms with Gasteiger partial charge in [-0.3, -0.25) is 0 Å². The predicted octanol–water partition coefficient (Wildman–Crippen LogP) is 3.62. The Hall–Kier alpha value is -0.370. The minimum atomic E-state index is -0.710. The Morgan fingerprint density at radius 1 is 1.40 bits per heavy atom. The first-order chi connectivity index (χ1) is 7.22. The third kappa shape index (κ3) is 5.31. The van der Waals surface area contributed by atoms with Crippen molar-refractivity contribution in [2.45, 2.75) is 63.6 Å². The van der Waals surface area contributed by atoms with Gasteiger partial charge in [0, 0.05) is 0 Å². The molecule has 1 nitrogen and oxygen atoms in total. The monoisotopic (exact) mass is 214 g/mol. The molecule has 2 heteroatoms. The lowest BCUT2D eigenvalue weighted by molar-refractivity contribution is 0.129. The first-order valence-corrected chi connectivity index (χ1v) is 6.15. The van der Waals surface area contributed by atoms with E-state index in [1.807, 2.05) is 0 Å². The van der Waals surface area contributed by atoms with E-state index in [0.29, 0.717) is 18.8 Å². The minimum Gasteiger partial charge on any atom is -0.393 e. The maximum absolute atomic E-state index is 13.5. The van der Waals surface area contributed by atoms with E-state index < -0.39 is 6.17 Å². The van der Waals surface area contributed by atoms with E-state index >= 15 is 0 Å². The molecule has 1 fully saturated rings. The smallest absolute Gasteiger partial charge is 0.101 e. The lowest BCUT2D eigenvalue weighted by Crippen LogP contribution is -2.14. The van der Waals surface area contributed by atoms with Crippen LogP contribution in [-0.4, -0.2) is 17.4 Å².